The van der Waals surface area contributed by atoms with Gasteiger partial charge in [0.15, 0.2) is 0 Å². The maximum absolute atomic E-state index is 11.6. The lowest BCUT2D eigenvalue weighted by Gasteiger charge is -2.31. The van der Waals surface area contributed by atoms with Gasteiger partial charge in [0, 0.05) is 19.1 Å². The lowest BCUT2D eigenvalue weighted by atomic mass is 10.1. The van der Waals surface area contributed by atoms with Gasteiger partial charge >= 0.3 is 0 Å². The first-order chi connectivity index (χ1) is 10.0. The molecule has 0 aromatic carbocycles. The number of aromatic nitrogens is 1. The van der Waals surface area contributed by atoms with E-state index in [1.165, 1.54) is 0 Å². The van der Waals surface area contributed by atoms with Gasteiger partial charge in [-0.15, -0.1) is 0 Å². The average molecular weight is 292 g/mol. The minimum absolute atomic E-state index is 0.352. The second kappa shape index (κ2) is 8.74. The zero-order valence-corrected chi connectivity index (χ0v) is 13.6. The number of carbonyl (C=O) groups is 1. The molecule has 0 unspecified atom stereocenters. The summed E-state index contributed by atoms with van der Waals surface area (Å²) in [5.41, 5.74) is 3.40. The zero-order valence-electron chi connectivity index (χ0n) is 13.6. The van der Waals surface area contributed by atoms with Crippen LogP contribution in [0.1, 0.15) is 56.7 Å². The summed E-state index contributed by atoms with van der Waals surface area (Å²) in [6.45, 7) is 10.7. The largest absolute Gasteiger partial charge is 0.294 e. The Morgan fingerprint density at radius 1 is 1.33 bits per heavy atom. The summed E-state index contributed by atoms with van der Waals surface area (Å²) in [5.74, 6) is 5.41. The molecule has 118 valence electrons. The highest BCUT2D eigenvalue weighted by molar-refractivity contribution is 5.91. The second-order valence-corrected chi connectivity index (χ2v) is 5.78. The SMILES string of the molecule is CCC(CC)N(Cc1cccc(C(=O)NN)n1)CC(C)C. The second-order valence-electron chi connectivity index (χ2n) is 5.78. The molecule has 0 aliphatic carbocycles. The van der Waals surface area contributed by atoms with E-state index in [-0.39, 0.29) is 5.91 Å². The van der Waals surface area contributed by atoms with Crippen molar-refractivity contribution in [2.24, 2.45) is 11.8 Å². The Hall–Kier alpha value is -1.46. The lowest BCUT2D eigenvalue weighted by Crippen LogP contribution is -2.37. The fourth-order valence-corrected chi connectivity index (χ4v) is 2.59. The number of hydrogen-bond acceptors (Lipinski definition) is 4. The molecule has 1 heterocycles. The number of hydrazine groups is 1. The quantitative estimate of drug-likeness (QED) is 0.438. The van der Waals surface area contributed by atoms with Crippen LogP contribution in [0.2, 0.25) is 0 Å². The Morgan fingerprint density at radius 3 is 2.52 bits per heavy atom. The van der Waals surface area contributed by atoms with E-state index in [9.17, 15) is 4.79 Å². The minimum Gasteiger partial charge on any atom is -0.294 e. The summed E-state index contributed by atoms with van der Waals surface area (Å²) >= 11 is 0. The van der Waals surface area contributed by atoms with E-state index in [1.54, 1.807) is 6.07 Å². The molecule has 5 nitrogen and oxygen atoms in total. The molecule has 1 aromatic rings. The molecule has 0 saturated carbocycles. The number of nitrogens with zero attached hydrogens (tertiary/aromatic N) is 2. The summed E-state index contributed by atoms with van der Waals surface area (Å²) in [4.78, 5) is 18.4. The molecular formula is C16H28N4O. The van der Waals surface area contributed by atoms with Crippen LogP contribution in [-0.4, -0.2) is 28.4 Å². The molecule has 5 heteroatoms. The van der Waals surface area contributed by atoms with Crippen molar-refractivity contribution in [3.05, 3.63) is 29.6 Å². The highest BCUT2D eigenvalue weighted by atomic mass is 16.2. The van der Waals surface area contributed by atoms with E-state index >= 15 is 0 Å². The molecule has 0 aliphatic rings. The number of nitrogen functional groups attached to an aromatic ring is 1. The van der Waals surface area contributed by atoms with Crippen LogP contribution in [0, 0.1) is 5.92 Å². The summed E-state index contributed by atoms with van der Waals surface area (Å²) < 4.78 is 0. The number of nitrogens with two attached hydrogens (primary N) is 1. The third-order valence-corrected chi connectivity index (χ3v) is 3.59. The molecule has 3 N–H and O–H groups in total. The molecule has 0 fully saturated rings. The summed E-state index contributed by atoms with van der Waals surface area (Å²) in [7, 11) is 0. The fourth-order valence-electron chi connectivity index (χ4n) is 2.59. The molecular weight excluding hydrogens is 264 g/mol. The van der Waals surface area contributed by atoms with Gasteiger partial charge < -0.3 is 0 Å². The summed E-state index contributed by atoms with van der Waals surface area (Å²) in [6, 6.07) is 6.03. The lowest BCUT2D eigenvalue weighted by molar-refractivity contribution is 0.0947. The standard InChI is InChI=1S/C16H28N4O/c1-5-14(6-2)20(10-12(3)4)11-13-8-7-9-15(18-13)16(21)19-17/h7-9,12,14H,5-6,10-11,17H2,1-4H3,(H,19,21). The van der Waals surface area contributed by atoms with E-state index < -0.39 is 0 Å². The van der Waals surface area contributed by atoms with Crippen LogP contribution in [0.5, 0.6) is 0 Å². The molecule has 0 radical (unpaired) electrons. The zero-order chi connectivity index (χ0) is 15.8. The molecule has 0 aliphatic heterocycles. The average Bonchev–Trinajstić information content (AvgIpc) is 2.47. The van der Waals surface area contributed by atoms with Crippen LogP contribution in [-0.2, 0) is 6.54 Å². The Labute approximate surface area is 127 Å². The molecule has 21 heavy (non-hydrogen) atoms. The van der Waals surface area contributed by atoms with Crippen LogP contribution < -0.4 is 11.3 Å². The minimum atomic E-state index is -0.352. The topological polar surface area (TPSA) is 71.2 Å². The van der Waals surface area contributed by atoms with Crippen molar-refractivity contribution in [1.82, 2.24) is 15.3 Å². The van der Waals surface area contributed by atoms with E-state index in [1.807, 2.05) is 12.1 Å². The molecule has 0 atom stereocenters. The van der Waals surface area contributed by atoms with Crippen molar-refractivity contribution in [3.63, 3.8) is 0 Å². The first-order valence-electron chi connectivity index (χ1n) is 7.72. The number of amides is 1. The van der Waals surface area contributed by atoms with Gasteiger partial charge in [0.25, 0.3) is 5.91 Å². The van der Waals surface area contributed by atoms with E-state index in [0.717, 1.165) is 31.6 Å². The first kappa shape index (κ1) is 17.6. The molecule has 1 aromatic heterocycles. The predicted octanol–water partition coefficient (Wildman–Crippen LogP) is 2.33. The summed E-state index contributed by atoms with van der Waals surface area (Å²) in [5, 5.41) is 0. The van der Waals surface area contributed by atoms with Crippen LogP contribution in [0.4, 0.5) is 0 Å². The van der Waals surface area contributed by atoms with E-state index in [4.69, 9.17) is 5.84 Å². The Morgan fingerprint density at radius 2 is 2.00 bits per heavy atom. The van der Waals surface area contributed by atoms with Crippen molar-refractivity contribution < 1.29 is 4.79 Å². The van der Waals surface area contributed by atoms with Gasteiger partial charge in [-0.3, -0.25) is 15.1 Å². The van der Waals surface area contributed by atoms with Crippen LogP contribution in [0.25, 0.3) is 0 Å². The van der Waals surface area contributed by atoms with Gasteiger partial charge in [0.2, 0.25) is 0 Å². The Kier molecular flexibility index (Phi) is 7.32. The van der Waals surface area contributed by atoms with Crippen molar-refractivity contribution in [2.75, 3.05) is 6.54 Å². The monoisotopic (exact) mass is 292 g/mol. The normalized spacial score (nSPS) is 11.4. The molecule has 0 bridgehead atoms. The van der Waals surface area contributed by atoms with Crippen molar-refractivity contribution >= 4 is 5.91 Å². The van der Waals surface area contributed by atoms with E-state index in [2.05, 4.69) is 43.0 Å². The number of rotatable bonds is 8. The maximum Gasteiger partial charge on any atom is 0.283 e. The highest BCUT2D eigenvalue weighted by Crippen LogP contribution is 2.15. The van der Waals surface area contributed by atoms with Crippen molar-refractivity contribution in [2.45, 2.75) is 53.1 Å². The van der Waals surface area contributed by atoms with Crippen molar-refractivity contribution in [1.29, 1.82) is 0 Å². The van der Waals surface area contributed by atoms with Gasteiger partial charge in [0.05, 0.1) is 5.69 Å². The van der Waals surface area contributed by atoms with Crippen molar-refractivity contribution in [3.8, 4) is 0 Å². The summed E-state index contributed by atoms with van der Waals surface area (Å²) in [6.07, 6.45) is 2.23. The van der Waals surface area contributed by atoms with Gasteiger partial charge in [-0.05, 0) is 30.9 Å². The van der Waals surface area contributed by atoms with Crippen LogP contribution >= 0.6 is 0 Å². The van der Waals surface area contributed by atoms with Gasteiger partial charge in [-0.1, -0.05) is 33.8 Å². The number of hydrogen-bond donors (Lipinski definition) is 2. The smallest absolute Gasteiger partial charge is 0.283 e. The number of carbonyl (C=O) groups excluding carboxylic acids is 1. The van der Waals surface area contributed by atoms with E-state index in [0.29, 0.717) is 17.7 Å². The molecule has 1 amide bonds. The molecule has 1 rings (SSSR count). The Bertz CT molecular complexity index is 444. The first-order valence-corrected chi connectivity index (χ1v) is 7.72. The number of pyridine rings is 1. The third kappa shape index (κ3) is 5.44. The van der Waals surface area contributed by atoms with Gasteiger partial charge in [-0.25, -0.2) is 10.8 Å². The number of nitrogens with one attached hydrogen (secondary N) is 1. The fraction of sp³-hybridized carbons (Fsp3) is 0.625. The molecule has 0 spiro atoms. The van der Waals surface area contributed by atoms with Gasteiger partial charge in [0.1, 0.15) is 5.69 Å². The highest BCUT2D eigenvalue weighted by Gasteiger charge is 2.17. The Balaban J connectivity index is 2.89. The van der Waals surface area contributed by atoms with Gasteiger partial charge in [-0.2, -0.15) is 0 Å². The third-order valence-electron chi connectivity index (χ3n) is 3.59. The van der Waals surface area contributed by atoms with Crippen LogP contribution in [0.3, 0.4) is 0 Å². The predicted molar refractivity (Wildman–Crippen MR) is 85.5 cm³/mol. The molecule has 0 saturated heterocycles. The van der Waals surface area contributed by atoms with Crippen LogP contribution in [0.15, 0.2) is 18.2 Å². The maximum atomic E-state index is 11.6.